The monoisotopic (exact) mass is 308 g/mol. The van der Waals surface area contributed by atoms with E-state index in [-0.39, 0.29) is 0 Å². The minimum Gasteiger partial charge on any atom is -0.398 e. The number of nitrogens with zero attached hydrogens (tertiary/aromatic N) is 1. The fraction of sp³-hybridized carbons (Fsp3) is 0.357. The second kappa shape index (κ2) is 5.50. The SMILES string of the molecule is CC(C)(CNc1ccc(N)c2cnccc12)NS(C)(=O)=O. The van der Waals surface area contributed by atoms with Crippen LogP contribution in [-0.4, -0.2) is 31.7 Å². The lowest BCUT2D eigenvalue weighted by atomic mass is 10.1. The van der Waals surface area contributed by atoms with Gasteiger partial charge in [0.05, 0.1) is 6.26 Å². The van der Waals surface area contributed by atoms with Crippen LogP contribution in [0.5, 0.6) is 0 Å². The summed E-state index contributed by atoms with van der Waals surface area (Å²) in [4.78, 5) is 4.07. The normalized spacial score (nSPS) is 12.5. The Kier molecular flexibility index (Phi) is 4.06. The highest BCUT2D eigenvalue weighted by Crippen LogP contribution is 2.27. The Bertz CT molecular complexity index is 757. The zero-order valence-corrected chi connectivity index (χ0v) is 13.2. The summed E-state index contributed by atoms with van der Waals surface area (Å²) in [5.74, 6) is 0. The summed E-state index contributed by atoms with van der Waals surface area (Å²) in [6, 6.07) is 5.57. The van der Waals surface area contributed by atoms with E-state index in [9.17, 15) is 8.42 Å². The van der Waals surface area contributed by atoms with Crippen molar-refractivity contribution in [3.8, 4) is 0 Å². The Morgan fingerprint density at radius 1 is 1.24 bits per heavy atom. The molecule has 0 aliphatic carbocycles. The van der Waals surface area contributed by atoms with Crippen LogP contribution in [0.3, 0.4) is 0 Å². The summed E-state index contributed by atoms with van der Waals surface area (Å²) in [5.41, 5.74) is 6.89. The number of fused-ring (bicyclic) bond motifs is 1. The molecule has 1 aromatic carbocycles. The molecule has 0 saturated heterocycles. The molecule has 7 heteroatoms. The van der Waals surface area contributed by atoms with E-state index in [1.54, 1.807) is 12.4 Å². The van der Waals surface area contributed by atoms with Crippen molar-refractivity contribution in [1.82, 2.24) is 9.71 Å². The molecular weight excluding hydrogens is 288 g/mol. The van der Waals surface area contributed by atoms with Crippen molar-refractivity contribution in [1.29, 1.82) is 0 Å². The minimum absolute atomic E-state index is 0.446. The largest absolute Gasteiger partial charge is 0.398 e. The van der Waals surface area contributed by atoms with Gasteiger partial charge < -0.3 is 11.1 Å². The van der Waals surface area contributed by atoms with E-state index in [2.05, 4.69) is 15.0 Å². The lowest BCUT2D eigenvalue weighted by Crippen LogP contribution is -2.47. The predicted octanol–water partition coefficient (Wildman–Crippen LogP) is 1.56. The molecule has 0 fully saturated rings. The summed E-state index contributed by atoms with van der Waals surface area (Å²) in [5, 5.41) is 5.10. The first-order valence-electron chi connectivity index (χ1n) is 6.53. The van der Waals surface area contributed by atoms with Gasteiger partial charge in [0.1, 0.15) is 0 Å². The standard InChI is InChI=1S/C14H20N4O2S/c1-14(2,18-21(3,19)20)9-17-13-5-4-12(15)11-8-16-7-6-10(11)13/h4-8,17-18H,9,15H2,1-3H3. The van der Waals surface area contributed by atoms with Gasteiger partial charge in [-0.3, -0.25) is 4.98 Å². The molecule has 0 atom stereocenters. The van der Waals surface area contributed by atoms with E-state index in [0.29, 0.717) is 12.2 Å². The number of pyridine rings is 1. The van der Waals surface area contributed by atoms with Crippen molar-refractivity contribution in [3.63, 3.8) is 0 Å². The van der Waals surface area contributed by atoms with Crippen LogP contribution in [-0.2, 0) is 10.0 Å². The van der Waals surface area contributed by atoms with E-state index < -0.39 is 15.6 Å². The number of anilines is 2. The summed E-state index contributed by atoms with van der Waals surface area (Å²) < 4.78 is 25.3. The van der Waals surface area contributed by atoms with Gasteiger partial charge in [-0.2, -0.15) is 0 Å². The third-order valence-corrected chi connectivity index (χ3v) is 3.96. The fourth-order valence-electron chi connectivity index (χ4n) is 2.22. The van der Waals surface area contributed by atoms with E-state index >= 15 is 0 Å². The lowest BCUT2D eigenvalue weighted by Gasteiger charge is -2.26. The Labute approximate surface area is 124 Å². The van der Waals surface area contributed by atoms with Crippen molar-refractivity contribution >= 4 is 32.2 Å². The minimum atomic E-state index is -3.26. The third kappa shape index (κ3) is 4.05. The first kappa shape index (κ1) is 15.5. The molecule has 4 N–H and O–H groups in total. The van der Waals surface area contributed by atoms with Crippen molar-refractivity contribution in [2.45, 2.75) is 19.4 Å². The number of nitrogen functional groups attached to an aromatic ring is 1. The Morgan fingerprint density at radius 3 is 2.62 bits per heavy atom. The Morgan fingerprint density at radius 2 is 1.95 bits per heavy atom. The van der Waals surface area contributed by atoms with Gasteiger partial charge in [-0.1, -0.05) is 0 Å². The molecule has 6 nitrogen and oxygen atoms in total. The van der Waals surface area contributed by atoms with Crippen molar-refractivity contribution in [2.24, 2.45) is 0 Å². The topological polar surface area (TPSA) is 97.1 Å². The molecular formula is C14H20N4O2S. The molecule has 2 rings (SSSR count). The van der Waals surface area contributed by atoms with E-state index in [1.807, 2.05) is 32.0 Å². The molecule has 0 amide bonds. The Balaban J connectivity index is 2.23. The first-order chi connectivity index (χ1) is 9.68. The van der Waals surface area contributed by atoms with Gasteiger partial charge in [0.2, 0.25) is 10.0 Å². The zero-order valence-electron chi connectivity index (χ0n) is 12.3. The molecule has 0 unspecified atom stereocenters. The van der Waals surface area contributed by atoms with Gasteiger partial charge >= 0.3 is 0 Å². The highest BCUT2D eigenvalue weighted by Gasteiger charge is 2.22. The molecule has 0 aliphatic heterocycles. The summed E-state index contributed by atoms with van der Waals surface area (Å²) >= 11 is 0. The molecule has 0 saturated carbocycles. The maximum absolute atomic E-state index is 11.4. The van der Waals surface area contributed by atoms with Crippen molar-refractivity contribution in [3.05, 3.63) is 30.6 Å². The number of rotatable bonds is 5. The second-order valence-electron chi connectivity index (χ2n) is 5.74. The maximum atomic E-state index is 11.4. The highest BCUT2D eigenvalue weighted by atomic mass is 32.2. The lowest BCUT2D eigenvalue weighted by molar-refractivity contribution is 0.476. The van der Waals surface area contributed by atoms with Gasteiger partial charge in [-0.15, -0.1) is 0 Å². The quantitative estimate of drug-likeness (QED) is 0.728. The average molecular weight is 308 g/mol. The van der Waals surface area contributed by atoms with Gasteiger partial charge in [0.15, 0.2) is 0 Å². The molecule has 114 valence electrons. The smallest absolute Gasteiger partial charge is 0.209 e. The number of hydrogen-bond donors (Lipinski definition) is 3. The summed E-state index contributed by atoms with van der Waals surface area (Å²) in [7, 11) is -3.26. The Hall–Kier alpha value is -1.86. The molecule has 0 bridgehead atoms. The second-order valence-corrected chi connectivity index (χ2v) is 7.48. The summed E-state index contributed by atoms with van der Waals surface area (Å²) in [6.45, 7) is 4.09. The van der Waals surface area contributed by atoms with Crippen LogP contribution >= 0.6 is 0 Å². The van der Waals surface area contributed by atoms with Crippen LogP contribution in [0.2, 0.25) is 0 Å². The molecule has 21 heavy (non-hydrogen) atoms. The number of nitrogens with two attached hydrogens (primary N) is 1. The van der Waals surface area contributed by atoms with Crippen LogP contribution < -0.4 is 15.8 Å². The molecule has 0 aliphatic rings. The van der Waals surface area contributed by atoms with Gasteiger partial charge in [0, 0.05) is 46.6 Å². The molecule has 0 radical (unpaired) electrons. The maximum Gasteiger partial charge on any atom is 0.209 e. The first-order valence-corrected chi connectivity index (χ1v) is 8.42. The number of hydrogen-bond acceptors (Lipinski definition) is 5. The number of benzene rings is 1. The van der Waals surface area contributed by atoms with E-state index in [1.165, 1.54) is 0 Å². The number of sulfonamides is 1. The van der Waals surface area contributed by atoms with Crippen molar-refractivity contribution < 1.29 is 8.42 Å². The summed E-state index contributed by atoms with van der Waals surface area (Å²) in [6.07, 6.45) is 4.57. The van der Waals surface area contributed by atoms with Gasteiger partial charge in [0.25, 0.3) is 0 Å². The van der Waals surface area contributed by atoms with Crippen LogP contribution in [0.1, 0.15) is 13.8 Å². The molecule has 1 aromatic heterocycles. The fourth-order valence-corrected chi connectivity index (χ4v) is 3.30. The van der Waals surface area contributed by atoms with Crippen LogP contribution in [0.4, 0.5) is 11.4 Å². The molecule has 0 spiro atoms. The molecule has 1 heterocycles. The van der Waals surface area contributed by atoms with Crippen molar-refractivity contribution in [2.75, 3.05) is 23.9 Å². The van der Waals surface area contributed by atoms with Crippen LogP contribution in [0.25, 0.3) is 10.8 Å². The average Bonchev–Trinajstić information content (AvgIpc) is 2.35. The van der Waals surface area contributed by atoms with Gasteiger partial charge in [-0.05, 0) is 32.0 Å². The zero-order chi connectivity index (χ0) is 15.7. The highest BCUT2D eigenvalue weighted by molar-refractivity contribution is 7.88. The van der Waals surface area contributed by atoms with Crippen LogP contribution in [0, 0.1) is 0 Å². The predicted molar refractivity (Wildman–Crippen MR) is 86.7 cm³/mol. The van der Waals surface area contributed by atoms with Gasteiger partial charge in [-0.25, -0.2) is 13.1 Å². The number of aromatic nitrogens is 1. The molecule has 2 aromatic rings. The van der Waals surface area contributed by atoms with Crippen LogP contribution in [0.15, 0.2) is 30.6 Å². The van der Waals surface area contributed by atoms with E-state index in [0.717, 1.165) is 22.7 Å². The third-order valence-electron chi connectivity index (χ3n) is 3.03. The van der Waals surface area contributed by atoms with E-state index in [4.69, 9.17) is 5.73 Å². The number of nitrogens with one attached hydrogen (secondary N) is 2.